The van der Waals surface area contributed by atoms with E-state index in [1.807, 2.05) is 4.98 Å². The SMILES string of the molecule is O=C(CNC(=O)c1ccccc1Br)N/N=C\c1cc(=O)[nH]c(=O)[nH]1. The second kappa shape index (κ2) is 8.02. The maximum absolute atomic E-state index is 11.9. The van der Waals surface area contributed by atoms with Gasteiger partial charge in [0.1, 0.15) is 0 Å². The number of hydrogen-bond acceptors (Lipinski definition) is 5. The standard InChI is InChI=1S/C14H12BrN5O4/c15-10-4-2-1-3-9(10)13(23)16-7-12(22)20-17-6-8-5-11(21)19-14(24)18-8/h1-6H,7H2,(H,16,23)(H,20,22)(H2,18,19,21,24)/b17-6-. The van der Waals surface area contributed by atoms with E-state index in [2.05, 4.69) is 36.8 Å². The van der Waals surface area contributed by atoms with Crippen molar-refractivity contribution in [3.63, 3.8) is 0 Å². The van der Waals surface area contributed by atoms with Gasteiger partial charge in [-0.1, -0.05) is 12.1 Å². The maximum atomic E-state index is 11.9. The Labute approximate surface area is 143 Å². The molecule has 124 valence electrons. The quantitative estimate of drug-likeness (QED) is 0.409. The number of carbonyl (C=O) groups is 2. The Balaban J connectivity index is 1.86. The molecule has 0 aliphatic carbocycles. The second-order valence-corrected chi connectivity index (χ2v) is 5.35. The van der Waals surface area contributed by atoms with Crippen LogP contribution in [0.1, 0.15) is 16.1 Å². The van der Waals surface area contributed by atoms with Gasteiger partial charge in [-0.25, -0.2) is 10.2 Å². The van der Waals surface area contributed by atoms with E-state index in [4.69, 9.17) is 0 Å². The summed E-state index contributed by atoms with van der Waals surface area (Å²) in [5.41, 5.74) is 1.41. The smallest absolute Gasteiger partial charge is 0.326 e. The number of rotatable bonds is 5. The first-order valence-electron chi connectivity index (χ1n) is 6.64. The number of hydrazone groups is 1. The Kier molecular flexibility index (Phi) is 5.79. The molecule has 2 amide bonds. The molecule has 24 heavy (non-hydrogen) atoms. The van der Waals surface area contributed by atoms with Crippen LogP contribution in [0.2, 0.25) is 0 Å². The molecule has 0 aliphatic rings. The molecule has 0 saturated heterocycles. The zero-order valence-corrected chi connectivity index (χ0v) is 13.7. The summed E-state index contributed by atoms with van der Waals surface area (Å²) in [4.78, 5) is 49.9. The van der Waals surface area contributed by atoms with Crippen LogP contribution in [0.4, 0.5) is 0 Å². The summed E-state index contributed by atoms with van der Waals surface area (Å²) in [5.74, 6) is -0.987. The zero-order chi connectivity index (χ0) is 17.5. The lowest BCUT2D eigenvalue weighted by Gasteiger charge is -2.05. The molecule has 4 N–H and O–H groups in total. The van der Waals surface area contributed by atoms with Gasteiger partial charge in [-0.05, 0) is 28.1 Å². The van der Waals surface area contributed by atoms with Crippen LogP contribution in [0.5, 0.6) is 0 Å². The van der Waals surface area contributed by atoms with Crippen molar-refractivity contribution in [3.8, 4) is 0 Å². The van der Waals surface area contributed by atoms with Crippen molar-refractivity contribution in [2.45, 2.75) is 0 Å². The Morgan fingerprint density at radius 3 is 2.67 bits per heavy atom. The van der Waals surface area contributed by atoms with Crippen molar-refractivity contribution < 1.29 is 9.59 Å². The third-order valence-electron chi connectivity index (χ3n) is 2.70. The van der Waals surface area contributed by atoms with Crippen molar-refractivity contribution in [1.29, 1.82) is 0 Å². The first kappa shape index (κ1) is 17.3. The van der Waals surface area contributed by atoms with Crippen LogP contribution < -0.4 is 22.0 Å². The molecule has 1 heterocycles. The third-order valence-corrected chi connectivity index (χ3v) is 3.39. The molecule has 0 bridgehead atoms. The molecule has 2 aromatic rings. The summed E-state index contributed by atoms with van der Waals surface area (Å²) in [7, 11) is 0. The molecule has 1 aromatic carbocycles. The molecular weight excluding hydrogens is 382 g/mol. The van der Waals surface area contributed by atoms with Crippen LogP contribution in [0.3, 0.4) is 0 Å². The molecule has 0 aliphatic heterocycles. The Morgan fingerprint density at radius 2 is 1.96 bits per heavy atom. The zero-order valence-electron chi connectivity index (χ0n) is 12.1. The van der Waals surface area contributed by atoms with Gasteiger partial charge in [0.15, 0.2) is 0 Å². The molecule has 0 unspecified atom stereocenters. The minimum atomic E-state index is -0.684. The summed E-state index contributed by atoms with van der Waals surface area (Å²) in [5, 5.41) is 6.02. The lowest BCUT2D eigenvalue weighted by atomic mass is 10.2. The number of nitrogens with zero attached hydrogens (tertiary/aromatic N) is 1. The Hall–Kier alpha value is -3.01. The molecule has 0 spiro atoms. The van der Waals surface area contributed by atoms with Crippen LogP contribution in [0, 0.1) is 0 Å². The lowest BCUT2D eigenvalue weighted by Crippen LogP contribution is -2.35. The predicted octanol–water partition coefficient (Wildman–Crippen LogP) is -0.294. The van der Waals surface area contributed by atoms with Crippen LogP contribution in [0.15, 0.2) is 49.5 Å². The van der Waals surface area contributed by atoms with Gasteiger partial charge in [0.25, 0.3) is 17.4 Å². The molecule has 0 atom stereocenters. The number of hydrogen-bond donors (Lipinski definition) is 4. The minimum absolute atomic E-state index is 0.126. The van der Waals surface area contributed by atoms with Gasteiger partial charge >= 0.3 is 5.69 Å². The minimum Gasteiger partial charge on any atom is -0.343 e. The van der Waals surface area contributed by atoms with Gasteiger partial charge in [0.05, 0.1) is 24.0 Å². The van der Waals surface area contributed by atoms with E-state index in [1.165, 1.54) is 0 Å². The van der Waals surface area contributed by atoms with E-state index in [1.54, 1.807) is 24.3 Å². The highest BCUT2D eigenvalue weighted by Gasteiger charge is 2.10. The van der Waals surface area contributed by atoms with E-state index in [-0.39, 0.29) is 12.2 Å². The molecule has 0 saturated carbocycles. The monoisotopic (exact) mass is 393 g/mol. The molecular formula is C14H12BrN5O4. The van der Waals surface area contributed by atoms with E-state index in [0.717, 1.165) is 12.3 Å². The number of carbonyl (C=O) groups excluding carboxylic acids is 2. The fourth-order valence-electron chi connectivity index (χ4n) is 1.67. The highest BCUT2D eigenvalue weighted by molar-refractivity contribution is 9.10. The number of amides is 2. The van der Waals surface area contributed by atoms with Crippen molar-refractivity contribution in [1.82, 2.24) is 20.7 Å². The summed E-state index contributed by atoms with van der Waals surface area (Å²) < 4.78 is 0.610. The Morgan fingerprint density at radius 1 is 1.21 bits per heavy atom. The van der Waals surface area contributed by atoms with Crippen molar-refractivity contribution in [2.24, 2.45) is 5.10 Å². The molecule has 0 radical (unpaired) electrons. The van der Waals surface area contributed by atoms with Gasteiger partial charge in [-0.3, -0.25) is 19.4 Å². The first-order chi connectivity index (χ1) is 11.5. The largest absolute Gasteiger partial charge is 0.343 e. The summed E-state index contributed by atoms with van der Waals surface area (Å²) in [6.45, 7) is -0.288. The third kappa shape index (κ3) is 5.02. The average Bonchev–Trinajstić information content (AvgIpc) is 2.52. The Bertz CT molecular complexity index is 874. The molecule has 0 fully saturated rings. The number of halogens is 1. The number of benzene rings is 1. The number of nitrogens with one attached hydrogen (secondary N) is 4. The van der Waals surface area contributed by atoms with E-state index >= 15 is 0 Å². The van der Waals surface area contributed by atoms with Crippen molar-refractivity contribution in [2.75, 3.05) is 6.54 Å². The predicted molar refractivity (Wildman–Crippen MR) is 89.9 cm³/mol. The average molecular weight is 394 g/mol. The fraction of sp³-hybridized carbons (Fsp3) is 0.0714. The number of aromatic amines is 2. The highest BCUT2D eigenvalue weighted by atomic mass is 79.9. The van der Waals surface area contributed by atoms with Crippen molar-refractivity contribution in [3.05, 3.63) is 66.9 Å². The molecule has 9 nitrogen and oxygen atoms in total. The molecule has 2 rings (SSSR count). The molecule has 10 heteroatoms. The van der Waals surface area contributed by atoms with Crippen molar-refractivity contribution >= 4 is 34.0 Å². The number of aromatic nitrogens is 2. The summed E-state index contributed by atoms with van der Waals surface area (Å²) in [6.07, 6.45) is 1.10. The topological polar surface area (TPSA) is 136 Å². The van der Waals surface area contributed by atoms with E-state index in [9.17, 15) is 19.2 Å². The lowest BCUT2D eigenvalue weighted by molar-refractivity contribution is -0.120. The number of H-pyrrole nitrogens is 2. The van der Waals surface area contributed by atoms with Crippen LogP contribution in [-0.4, -0.2) is 34.5 Å². The first-order valence-corrected chi connectivity index (χ1v) is 7.43. The summed E-state index contributed by atoms with van der Waals surface area (Å²) >= 11 is 3.24. The van der Waals surface area contributed by atoms with Gasteiger partial charge in [-0.15, -0.1) is 0 Å². The maximum Gasteiger partial charge on any atom is 0.326 e. The van der Waals surface area contributed by atoms with Gasteiger partial charge < -0.3 is 10.3 Å². The van der Waals surface area contributed by atoms with Crippen LogP contribution in [-0.2, 0) is 4.79 Å². The van der Waals surface area contributed by atoms with Gasteiger partial charge in [0.2, 0.25) is 0 Å². The summed E-state index contributed by atoms with van der Waals surface area (Å²) in [6, 6.07) is 7.89. The normalized spacial score (nSPS) is 10.5. The van der Waals surface area contributed by atoms with Gasteiger partial charge in [0, 0.05) is 10.5 Å². The second-order valence-electron chi connectivity index (χ2n) is 4.50. The van der Waals surface area contributed by atoms with E-state index in [0.29, 0.717) is 10.0 Å². The molecule has 1 aromatic heterocycles. The van der Waals surface area contributed by atoms with E-state index < -0.39 is 23.1 Å². The fourth-order valence-corrected chi connectivity index (χ4v) is 2.14. The highest BCUT2D eigenvalue weighted by Crippen LogP contribution is 2.15. The van der Waals surface area contributed by atoms with Gasteiger partial charge in [-0.2, -0.15) is 5.10 Å². The van der Waals surface area contributed by atoms with Crippen LogP contribution in [0.25, 0.3) is 0 Å². The van der Waals surface area contributed by atoms with Crippen LogP contribution >= 0.6 is 15.9 Å².